The summed E-state index contributed by atoms with van der Waals surface area (Å²) in [6, 6.07) is 17.1. The Kier molecular flexibility index (Phi) is 7.07. The van der Waals surface area contributed by atoms with Crippen molar-refractivity contribution in [3.8, 4) is 0 Å². The Morgan fingerprint density at radius 3 is 1.90 bits per heavy atom. The quantitative estimate of drug-likeness (QED) is 0.170. The van der Waals surface area contributed by atoms with Gasteiger partial charge in [0, 0.05) is 58.3 Å². The van der Waals surface area contributed by atoms with Crippen LogP contribution in [-0.4, -0.2) is 32.2 Å². The molecular weight excluding hydrogens is 560 g/mol. The van der Waals surface area contributed by atoms with Crippen LogP contribution in [0.1, 0.15) is 37.6 Å². The van der Waals surface area contributed by atoms with Crippen LogP contribution in [0.4, 0.5) is 23.0 Å². The van der Waals surface area contributed by atoms with Crippen LogP contribution in [-0.2, 0) is 15.0 Å². The van der Waals surface area contributed by atoms with E-state index in [4.69, 9.17) is 0 Å². The van der Waals surface area contributed by atoms with Crippen LogP contribution in [0.25, 0.3) is 11.1 Å². The third kappa shape index (κ3) is 5.63. The van der Waals surface area contributed by atoms with E-state index in [-0.39, 0.29) is 17.2 Å². The lowest BCUT2D eigenvalue weighted by molar-refractivity contribution is -0.111. The number of amides is 2. The molecule has 2 aliphatic heterocycles. The zero-order valence-corrected chi connectivity index (χ0v) is 23.1. The number of rotatable bonds is 4. The van der Waals surface area contributed by atoms with Gasteiger partial charge in [0.15, 0.2) is 11.6 Å². The van der Waals surface area contributed by atoms with E-state index in [0.29, 0.717) is 22.8 Å². The Bertz CT molecular complexity index is 1610. The van der Waals surface area contributed by atoms with Crippen LogP contribution in [0.3, 0.4) is 0 Å². The van der Waals surface area contributed by atoms with Gasteiger partial charge >= 0.3 is 0 Å². The van der Waals surface area contributed by atoms with Crippen LogP contribution in [0.5, 0.6) is 0 Å². The van der Waals surface area contributed by atoms with Crippen molar-refractivity contribution in [1.29, 1.82) is 0 Å². The molecule has 0 unspecified atom stereocenters. The second kappa shape index (κ2) is 10.6. The minimum Gasteiger partial charge on any atom is -0.344 e. The summed E-state index contributed by atoms with van der Waals surface area (Å²) in [5.41, 5.74) is 5.73. The van der Waals surface area contributed by atoms with Gasteiger partial charge in [-0.3, -0.25) is 19.8 Å². The third-order valence-electron chi connectivity index (χ3n) is 6.12. The Morgan fingerprint density at radius 2 is 1.38 bits per heavy atom. The number of fused-ring (bicyclic) bond motifs is 2. The van der Waals surface area contributed by atoms with Gasteiger partial charge in [-0.1, -0.05) is 57.2 Å². The highest BCUT2D eigenvalue weighted by Gasteiger charge is 2.24. The summed E-state index contributed by atoms with van der Waals surface area (Å²) in [4.78, 5) is 23.8. The lowest BCUT2D eigenvalue weighted by Crippen LogP contribution is -2.11. The molecule has 0 aliphatic carbocycles. The minimum absolute atomic E-state index is 0.0113. The van der Waals surface area contributed by atoms with Crippen molar-refractivity contribution in [2.24, 2.45) is 0 Å². The number of anilines is 4. The van der Waals surface area contributed by atoms with E-state index in [1.807, 2.05) is 54.6 Å². The molecule has 2 amide bonds. The predicted octanol–water partition coefficient (Wildman–Crippen LogP) is 5.69. The molecule has 2 aromatic carbocycles. The van der Waals surface area contributed by atoms with Gasteiger partial charge in [-0.2, -0.15) is 10.2 Å². The Labute approximate surface area is 233 Å². The van der Waals surface area contributed by atoms with Gasteiger partial charge in [0.1, 0.15) is 0 Å². The van der Waals surface area contributed by atoms with Gasteiger partial charge in [-0.25, -0.2) is 0 Å². The SMILES string of the molecule is CC(C)(C)c1cc(NC=C2C(=O)Nc3ccccc32)n[nH]1.O=C1Nc2ccccc2C1=CNc1n[nH]cc1Br. The highest BCUT2D eigenvalue weighted by atomic mass is 79.9. The van der Waals surface area contributed by atoms with Crippen LogP contribution in [0.15, 0.2) is 77.7 Å². The van der Waals surface area contributed by atoms with Crippen molar-refractivity contribution in [3.05, 3.63) is 94.5 Å². The maximum Gasteiger partial charge on any atom is 0.257 e. The highest BCUT2D eigenvalue weighted by molar-refractivity contribution is 9.10. The molecule has 0 saturated carbocycles. The molecule has 4 heterocycles. The van der Waals surface area contributed by atoms with Gasteiger partial charge in [0.2, 0.25) is 0 Å². The second-order valence-corrected chi connectivity index (χ2v) is 10.8. The molecule has 0 fully saturated rings. The van der Waals surface area contributed by atoms with Crippen LogP contribution in [0, 0.1) is 0 Å². The number of nitrogens with one attached hydrogen (secondary N) is 6. The second-order valence-electron chi connectivity index (χ2n) is 9.90. The summed E-state index contributed by atoms with van der Waals surface area (Å²) < 4.78 is 0.811. The fourth-order valence-electron chi connectivity index (χ4n) is 4.01. The number of hydrogen-bond donors (Lipinski definition) is 6. The first-order chi connectivity index (χ1) is 18.7. The lowest BCUT2D eigenvalue weighted by atomic mass is 9.92. The summed E-state index contributed by atoms with van der Waals surface area (Å²) >= 11 is 3.34. The number of para-hydroxylation sites is 2. The predicted molar refractivity (Wildman–Crippen MR) is 157 cm³/mol. The monoisotopic (exact) mass is 586 g/mol. The fourth-order valence-corrected chi connectivity index (χ4v) is 4.31. The fraction of sp³-hybridized carbons (Fsp3) is 0.143. The van der Waals surface area contributed by atoms with E-state index in [1.165, 1.54) is 0 Å². The minimum atomic E-state index is -0.115. The van der Waals surface area contributed by atoms with Crippen LogP contribution in [0.2, 0.25) is 0 Å². The smallest absolute Gasteiger partial charge is 0.257 e. The molecule has 198 valence electrons. The van der Waals surface area contributed by atoms with Crippen molar-refractivity contribution >= 4 is 61.9 Å². The summed E-state index contributed by atoms with van der Waals surface area (Å²) in [7, 11) is 0. The third-order valence-corrected chi connectivity index (χ3v) is 6.72. The van der Waals surface area contributed by atoms with Crippen molar-refractivity contribution in [1.82, 2.24) is 20.4 Å². The summed E-state index contributed by atoms with van der Waals surface area (Å²) in [6.45, 7) is 6.34. The first-order valence-corrected chi connectivity index (χ1v) is 13.0. The standard InChI is InChI=1S/C16H18N4O.C12H9BrN4O/c1-16(2,3)13-8-14(20-19-13)17-9-11-10-6-4-5-7-12(10)18-15(11)21;13-9-6-15-17-11(9)14-5-8-7-3-1-2-4-10(7)16-12(8)18/h4-9H,1-3H3,(H,18,21)(H2,17,19,20);1-6H,(H,16,18)(H2,14,15,17). The maximum atomic E-state index is 12.0. The van der Waals surface area contributed by atoms with Gasteiger partial charge < -0.3 is 21.3 Å². The van der Waals surface area contributed by atoms with Crippen molar-refractivity contribution in [2.45, 2.75) is 26.2 Å². The zero-order valence-electron chi connectivity index (χ0n) is 21.5. The number of aromatic amines is 2. The van der Waals surface area contributed by atoms with Gasteiger partial charge in [-0.15, -0.1) is 0 Å². The Hall–Kier alpha value is -4.64. The summed E-state index contributed by atoms with van der Waals surface area (Å²) in [6.07, 6.45) is 5.06. The molecule has 0 bridgehead atoms. The molecule has 39 heavy (non-hydrogen) atoms. The van der Waals surface area contributed by atoms with Crippen molar-refractivity contribution in [3.63, 3.8) is 0 Å². The number of hydrogen-bond acceptors (Lipinski definition) is 6. The molecule has 4 aromatic rings. The number of aromatic nitrogens is 4. The first-order valence-electron chi connectivity index (χ1n) is 12.2. The number of carbonyl (C=O) groups excluding carboxylic acids is 2. The molecule has 0 radical (unpaired) electrons. The number of carbonyl (C=O) groups is 2. The van der Waals surface area contributed by atoms with Crippen molar-refractivity contribution < 1.29 is 9.59 Å². The van der Waals surface area contributed by atoms with Gasteiger partial charge in [0.05, 0.1) is 15.6 Å². The molecular formula is C28H27BrN8O2. The molecule has 2 aromatic heterocycles. The van der Waals surface area contributed by atoms with E-state index in [2.05, 4.69) is 78.4 Å². The van der Waals surface area contributed by atoms with E-state index in [0.717, 1.165) is 32.7 Å². The molecule has 6 rings (SSSR count). The van der Waals surface area contributed by atoms with E-state index in [1.54, 1.807) is 18.6 Å². The topological polar surface area (TPSA) is 140 Å². The number of H-pyrrole nitrogens is 2. The van der Waals surface area contributed by atoms with Crippen LogP contribution >= 0.6 is 15.9 Å². The molecule has 11 heteroatoms. The Balaban J connectivity index is 0.000000160. The Morgan fingerprint density at radius 1 is 0.821 bits per heavy atom. The molecule has 0 spiro atoms. The number of halogens is 1. The number of benzene rings is 2. The van der Waals surface area contributed by atoms with E-state index in [9.17, 15) is 9.59 Å². The molecule has 6 N–H and O–H groups in total. The molecule has 10 nitrogen and oxygen atoms in total. The van der Waals surface area contributed by atoms with Gasteiger partial charge in [-0.05, 0) is 28.1 Å². The van der Waals surface area contributed by atoms with Gasteiger partial charge in [0.25, 0.3) is 11.8 Å². The van der Waals surface area contributed by atoms with E-state index >= 15 is 0 Å². The summed E-state index contributed by atoms with van der Waals surface area (Å²) in [5, 5.41) is 25.7. The van der Waals surface area contributed by atoms with E-state index < -0.39 is 0 Å². The zero-order chi connectivity index (χ0) is 27.6. The molecule has 0 saturated heterocycles. The average Bonchev–Trinajstić information content (AvgIpc) is 3.67. The maximum absolute atomic E-state index is 12.0. The normalized spacial score (nSPS) is 15.8. The molecule has 0 atom stereocenters. The lowest BCUT2D eigenvalue weighted by Gasteiger charge is -2.14. The molecule has 2 aliphatic rings. The largest absolute Gasteiger partial charge is 0.344 e. The average molecular weight is 587 g/mol. The van der Waals surface area contributed by atoms with Crippen molar-refractivity contribution in [2.75, 3.05) is 21.3 Å². The number of nitrogens with zero attached hydrogens (tertiary/aromatic N) is 2. The highest BCUT2D eigenvalue weighted by Crippen LogP contribution is 2.32. The van der Waals surface area contributed by atoms with Crippen LogP contribution < -0.4 is 21.3 Å². The first kappa shape index (κ1) is 26.0. The summed E-state index contributed by atoms with van der Waals surface area (Å²) in [5.74, 6) is 1.12.